The molecule has 2 nitrogen and oxygen atoms in total. The van der Waals surface area contributed by atoms with Gasteiger partial charge in [-0.3, -0.25) is 0 Å². The van der Waals surface area contributed by atoms with Crippen LogP contribution in [-0.2, 0) is 0 Å². The summed E-state index contributed by atoms with van der Waals surface area (Å²) in [6, 6.07) is 10.5. The third-order valence-corrected chi connectivity index (χ3v) is 2.50. The van der Waals surface area contributed by atoms with Crippen LogP contribution in [0.25, 0.3) is 0 Å². The number of hydrogen-bond donors (Lipinski definition) is 2. The topological polar surface area (TPSA) is 38.0 Å². The second-order valence-electron chi connectivity index (χ2n) is 4.40. The fourth-order valence-electron chi connectivity index (χ4n) is 1.61. The van der Waals surface area contributed by atoms with Crippen LogP contribution in [0.3, 0.4) is 0 Å². The summed E-state index contributed by atoms with van der Waals surface area (Å²) in [4.78, 5) is 0. The maximum absolute atomic E-state index is 5.78. The van der Waals surface area contributed by atoms with Crippen molar-refractivity contribution in [2.45, 2.75) is 19.8 Å². The van der Waals surface area contributed by atoms with Gasteiger partial charge in [-0.25, -0.2) is 0 Å². The van der Waals surface area contributed by atoms with Crippen molar-refractivity contribution >= 4 is 0 Å². The van der Waals surface area contributed by atoms with Crippen LogP contribution in [0.5, 0.6) is 0 Å². The molecule has 0 aliphatic heterocycles. The Morgan fingerprint density at radius 2 is 1.80 bits per heavy atom. The van der Waals surface area contributed by atoms with Crippen LogP contribution in [0.1, 0.15) is 25.3 Å². The number of nitrogens with two attached hydrogens (primary N) is 1. The van der Waals surface area contributed by atoms with Crippen LogP contribution in [0.2, 0.25) is 0 Å². The van der Waals surface area contributed by atoms with Crippen molar-refractivity contribution in [2.24, 2.45) is 11.7 Å². The summed E-state index contributed by atoms with van der Waals surface area (Å²) in [5.74, 6) is 1.13. The van der Waals surface area contributed by atoms with Crippen LogP contribution < -0.4 is 11.1 Å². The molecule has 0 saturated carbocycles. The lowest BCUT2D eigenvalue weighted by Gasteiger charge is -2.16. The molecule has 3 N–H and O–H groups in total. The zero-order valence-corrected chi connectivity index (χ0v) is 9.74. The van der Waals surface area contributed by atoms with Crippen molar-refractivity contribution < 1.29 is 0 Å². The Morgan fingerprint density at radius 3 is 2.33 bits per heavy atom. The van der Waals surface area contributed by atoms with E-state index in [-0.39, 0.29) is 0 Å². The molecule has 2 heteroatoms. The van der Waals surface area contributed by atoms with Gasteiger partial charge < -0.3 is 11.1 Å². The molecular weight excluding hydrogens is 184 g/mol. The molecule has 84 valence electrons. The standard InChI is InChI=1S/C13H22N2/c1-11(2)9-15-10-13(8-14)12-6-4-3-5-7-12/h3-7,11,13,15H,8-10,14H2,1-2H3. The molecule has 0 aliphatic carbocycles. The third-order valence-electron chi connectivity index (χ3n) is 2.50. The van der Waals surface area contributed by atoms with E-state index in [1.807, 2.05) is 6.07 Å². The lowest BCUT2D eigenvalue weighted by Crippen LogP contribution is -2.29. The SMILES string of the molecule is CC(C)CNCC(CN)c1ccccc1. The van der Waals surface area contributed by atoms with Crippen molar-refractivity contribution in [2.75, 3.05) is 19.6 Å². The van der Waals surface area contributed by atoms with Gasteiger partial charge in [-0.05, 0) is 18.0 Å². The van der Waals surface area contributed by atoms with Crippen LogP contribution in [0, 0.1) is 5.92 Å². The maximum Gasteiger partial charge on any atom is 0.00863 e. The van der Waals surface area contributed by atoms with Gasteiger partial charge in [-0.15, -0.1) is 0 Å². The van der Waals surface area contributed by atoms with E-state index in [4.69, 9.17) is 5.73 Å². The Labute approximate surface area is 92.9 Å². The van der Waals surface area contributed by atoms with Crippen molar-refractivity contribution in [3.63, 3.8) is 0 Å². The molecule has 0 saturated heterocycles. The van der Waals surface area contributed by atoms with Gasteiger partial charge in [-0.1, -0.05) is 44.2 Å². The highest BCUT2D eigenvalue weighted by Gasteiger charge is 2.08. The Balaban J connectivity index is 2.43. The number of benzene rings is 1. The highest BCUT2D eigenvalue weighted by atomic mass is 14.9. The average Bonchev–Trinajstić information content (AvgIpc) is 2.25. The van der Waals surface area contributed by atoms with Crippen LogP contribution in [-0.4, -0.2) is 19.6 Å². The second-order valence-corrected chi connectivity index (χ2v) is 4.40. The summed E-state index contributed by atoms with van der Waals surface area (Å²) >= 11 is 0. The van der Waals surface area contributed by atoms with E-state index in [1.165, 1.54) is 5.56 Å². The van der Waals surface area contributed by atoms with Crippen LogP contribution in [0.15, 0.2) is 30.3 Å². The molecule has 0 amide bonds. The summed E-state index contributed by atoms with van der Waals surface area (Å²) in [6.07, 6.45) is 0. The van der Waals surface area contributed by atoms with Crippen molar-refractivity contribution in [3.05, 3.63) is 35.9 Å². The Kier molecular flexibility index (Phi) is 5.37. The molecule has 0 aromatic heterocycles. The molecule has 0 bridgehead atoms. The molecule has 1 aromatic carbocycles. The van der Waals surface area contributed by atoms with Gasteiger partial charge in [0.25, 0.3) is 0 Å². The van der Waals surface area contributed by atoms with Gasteiger partial charge in [0.05, 0.1) is 0 Å². The van der Waals surface area contributed by atoms with E-state index in [9.17, 15) is 0 Å². The van der Waals surface area contributed by atoms with Crippen LogP contribution in [0.4, 0.5) is 0 Å². The normalized spacial score (nSPS) is 13.1. The first-order chi connectivity index (χ1) is 7.24. The predicted molar refractivity (Wildman–Crippen MR) is 65.9 cm³/mol. The average molecular weight is 206 g/mol. The Hall–Kier alpha value is -0.860. The molecular formula is C13H22N2. The van der Waals surface area contributed by atoms with Gasteiger partial charge in [0, 0.05) is 19.0 Å². The second kappa shape index (κ2) is 6.59. The van der Waals surface area contributed by atoms with Gasteiger partial charge in [0.2, 0.25) is 0 Å². The highest BCUT2D eigenvalue weighted by molar-refractivity contribution is 5.20. The Morgan fingerprint density at radius 1 is 1.13 bits per heavy atom. The summed E-state index contributed by atoms with van der Waals surface area (Å²) in [6.45, 7) is 7.16. The van der Waals surface area contributed by atoms with Crippen molar-refractivity contribution in [3.8, 4) is 0 Å². The van der Waals surface area contributed by atoms with E-state index < -0.39 is 0 Å². The molecule has 0 aliphatic rings. The maximum atomic E-state index is 5.78. The van der Waals surface area contributed by atoms with Crippen molar-refractivity contribution in [1.29, 1.82) is 0 Å². The van der Waals surface area contributed by atoms with Gasteiger partial charge in [0.15, 0.2) is 0 Å². The molecule has 1 aromatic rings. The van der Waals surface area contributed by atoms with E-state index in [2.05, 4.69) is 43.4 Å². The number of nitrogens with one attached hydrogen (secondary N) is 1. The summed E-state index contributed by atoms with van der Waals surface area (Å²) in [7, 11) is 0. The van der Waals surface area contributed by atoms with E-state index >= 15 is 0 Å². The first kappa shape index (κ1) is 12.2. The number of rotatable bonds is 6. The summed E-state index contributed by atoms with van der Waals surface area (Å²) in [5, 5.41) is 3.45. The predicted octanol–water partition coefficient (Wildman–Crippen LogP) is 1.97. The zero-order valence-electron chi connectivity index (χ0n) is 9.74. The smallest absolute Gasteiger partial charge is 0.00863 e. The fourth-order valence-corrected chi connectivity index (χ4v) is 1.61. The summed E-state index contributed by atoms with van der Waals surface area (Å²) in [5.41, 5.74) is 7.11. The molecule has 0 spiro atoms. The lowest BCUT2D eigenvalue weighted by atomic mass is 9.99. The molecule has 0 fully saturated rings. The first-order valence-electron chi connectivity index (χ1n) is 5.69. The van der Waals surface area contributed by atoms with Crippen molar-refractivity contribution in [1.82, 2.24) is 5.32 Å². The molecule has 0 radical (unpaired) electrons. The lowest BCUT2D eigenvalue weighted by molar-refractivity contribution is 0.518. The van der Waals surface area contributed by atoms with Gasteiger partial charge in [-0.2, -0.15) is 0 Å². The number of hydrogen-bond acceptors (Lipinski definition) is 2. The summed E-state index contributed by atoms with van der Waals surface area (Å²) < 4.78 is 0. The Bertz CT molecular complexity index is 256. The van der Waals surface area contributed by atoms with E-state index in [0.29, 0.717) is 18.4 Å². The molecule has 1 atom stereocenters. The zero-order chi connectivity index (χ0) is 11.1. The van der Waals surface area contributed by atoms with E-state index in [1.54, 1.807) is 0 Å². The molecule has 1 rings (SSSR count). The highest BCUT2D eigenvalue weighted by Crippen LogP contribution is 2.12. The minimum atomic E-state index is 0.435. The van der Waals surface area contributed by atoms with Gasteiger partial charge in [0.1, 0.15) is 0 Å². The van der Waals surface area contributed by atoms with Gasteiger partial charge >= 0.3 is 0 Å². The molecule has 15 heavy (non-hydrogen) atoms. The first-order valence-corrected chi connectivity index (χ1v) is 5.69. The minimum absolute atomic E-state index is 0.435. The largest absolute Gasteiger partial charge is 0.330 e. The molecule has 1 unspecified atom stereocenters. The quantitative estimate of drug-likeness (QED) is 0.747. The minimum Gasteiger partial charge on any atom is -0.330 e. The van der Waals surface area contributed by atoms with E-state index in [0.717, 1.165) is 13.1 Å². The fraction of sp³-hybridized carbons (Fsp3) is 0.538. The monoisotopic (exact) mass is 206 g/mol. The third kappa shape index (κ3) is 4.45. The molecule has 0 heterocycles. The van der Waals surface area contributed by atoms with Crippen LogP contribution >= 0.6 is 0 Å².